The van der Waals surface area contributed by atoms with Crippen LogP contribution in [0.1, 0.15) is 48.1 Å². The van der Waals surface area contributed by atoms with E-state index in [0.717, 1.165) is 37.8 Å². The molecule has 1 saturated carbocycles. The van der Waals surface area contributed by atoms with Gasteiger partial charge in [-0.2, -0.15) is 13.2 Å². The van der Waals surface area contributed by atoms with Gasteiger partial charge in [-0.25, -0.2) is 9.18 Å². The molecule has 2 amide bonds. The number of hydrogen-bond donors (Lipinski definition) is 2. The fourth-order valence-corrected chi connectivity index (χ4v) is 4.86. The van der Waals surface area contributed by atoms with E-state index in [4.69, 9.17) is 0 Å². The van der Waals surface area contributed by atoms with Crippen LogP contribution in [0, 0.1) is 5.82 Å². The molecule has 35 heavy (non-hydrogen) atoms. The predicted octanol–water partition coefficient (Wildman–Crippen LogP) is 6.58. The topological polar surface area (TPSA) is 54.0 Å². The van der Waals surface area contributed by atoms with Crippen LogP contribution in [0.15, 0.2) is 71.3 Å². The van der Waals surface area contributed by atoms with Crippen molar-refractivity contribution in [2.75, 3.05) is 6.54 Å². The van der Waals surface area contributed by atoms with E-state index in [1.54, 1.807) is 42.5 Å². The number of carbonyl (C=O) groups excluding carboxylic acids is 1. The van der Waals surface area contributed by atoms with Crippen molar-refractivity contribution in [3.05, 3.63) is 99.5 Å². The van der Waals surface area contributed by atoms with Gasteiger partial charge in [0.1, 0.15) is 5.82 Å². The highest BCUT2D eigenvalue weighted by atomic mass is 79.9. The monoisotopic (exact) mass is 549 g/mol. The summed E-state index contributed by atoms with van der Waals surface area (Å²) in [6, 6.07) is 14.2. The summed E-state index contributed by atoms with van der Waals surface area (Å²) in [5, 5.41) is 5.76. The molecule has 1 aromatic heterocycles. The lowest BCUT2D eigenvalue weighted by Gasteiger charge is -2.35. The summed E-state index contributed by atoms with van der Waals surface area (Å²) < 4.78 is 56.3. The molecule has 4 nitrogen and oxygen atoms in total. The van der Waals surface area contributed by atoms with Gasteiger partial charge in [-0.15, -0.1) is 0 Å². The number of benzene rings is 2. The minimum atomic E-state index is -4.75. The second kappa shape index (κ2) is 10.4. The van der Waals surface area contributed by atoms with Crippen LogP contribution < -0.4 is 10.6 Å². The number of urea groups is 1. The zero-order chi connectivity index (χ0) is 25.1. The Bertz CT molecular complexity index is 1170. The molecule has 0 aliphatic heterocycles. The molecule has 1 aliphatic rings. The summed E-state index contributed by atoms with van der Waals surface area (Å²) >= 11 is 3.33. The Labute approximate surface area is 209 Å². The van der Waals surface area contributed by atoms with Gasteiger partial charge in [0, 0.05) is 23.3 Å². The Balaban J connectivity index is 1.86. The van der Waals surface area contributed by atoms with Gasteiger partial charge in [0.05, 0.1) is 16.7 Å². The predicted molar refractivity (Wildman–Crippen MR) is 128 cm³/mol. The zero-order valence-electron chi connectivity index (χ0n) is 18.7. The van der Waals surface area contributed by atoms with Crippen molar-refractivity contribution in [3.63, 3.8) is 0 Å². The molecule has 1 atom stereocenters. The molecule has 0 radical (unpaired) electrons. The van der Waals surface area contributed by atoms with Crippen LogP contribution in [0.3, 0.4) is 0 Å². The molecular formula is C26H24BrF4N3O. The van der Waals surface area contributed by atoms with Gasteiger partial charge < -0.3 is 10.6 Å². The summed E-state index contributed by atoms with van der Waals surface area (Å²) in [6.07, 6.45) is 0.598. The molecule has 0 saturated heterocycles. The Morgan fingerprint density at radius 1 is 0.971 bits per heavy atom. The highest BCUT2D eigenvalue weighted by molar-refractivity contribution is 9.10. The minimum absolute atomic E-state index is 0.0343. The average Bonchev–Trinajstić information content (AvgIpc) is 3.33. The van der Waals surface area contributed by atoms with Crippen LogP contribution in [-0.2, 0) is 11.6 Å². The smallest absolute Gasteiger partial charge is 0.337 e. The highest BCUT2D eigenvalue weighted by Gasteiger charge is 2.41. The maximum Gasteiger partial charge on any atom is 0.416 e. The van der Waals surface area contributed by atoms with Crippen molar-refractivity contribution in [2.45, 2.75) is 43.3 Å². The van der Waals surface area contributed by atoms with E-state index in [1.165, 1.54) is 6.20 Å². The van der Waals surface area contributed by atoms with E-state index < -0.39 is 29.0 Å². The maximum absolute atomic E-state index is 14.6. The number of hydrogen-bond acceptors (Lipinski definition) is 2. The van der Waals surface area contributed by atoms with Gasteiger partial charge in [0.25, 0.3) is 0 Å². The van der Waals surface area contributed by atoms with Crippen LogP contribution in [0.4, 0.5) is 22.4 Å². The van der Waals surface area contributed by atoms with Crippen molar-refractivity contribution < 1.29 is 22.4 Å². The van der Waals surface area contributed by atoms with E-state index in [9.17, 15) is 22.4 Å². The van der Waals surface area contributed by atoms with Crippen LogP contribution in [-0.4, -0.2) is 23.6 Å². The Hall–Kier alpha value is -2.94. The Morgan fingerprint density at radius 3 is 2.29 bits per heavy atom. The Morgan fingerprint density at radius 2 is 1.66 bits per heavy atom. The summed E-state index contributed by atoms with van der Waals surface area (Å²) in [4.78, 5) is 17.3. The number of rotatable bonds is 6. The standard InChI is InChI=1S/C26H24BrF4N3O/c27-20-10-11-23(32-15-20)25(17-6-2-1-3-7-17,16-33-24(35)34-22-8-4-5-9-22)18-12-19(26(29,30)31)14-21(28)13-18/h1-3,6-7,10-15,22H,4-5,8-9,16H2,(H2,33,34,35). The van der Waals surface area contributed by atoms with Gasteiger partial charge in [-0.3, -0.25) is 4.98 Å². The summed E-state index contributed by atoms with van der Waals surface area (Å²) in [5.74, 6) is -1.03. The number of amides is 2. The lowest BCUT2D eigenvalue weighted by Crippen LogP contribution is -2.48. The largest absolute Gasteiger partial charge is 0.416 e. The molecule has 1 aliphatic carbocycles. The number of aromatic nitrogens is 1. The molecule has 0 bridgehead atoms. The first-order valence-electron chi connectivity index (χ1n) is 11.3. The molecule has 2 N–H and O–H groups in total. The van der Waals surface area contributed by atoms with Gasteiger partial charge in [-0.05, 0) is 70.2 Å². The average molecular weight is 550 g/mol. The third-order valence-electron chi connectivity index (χ3n) is 6.35. The number of pyridine rings is 1. The van der Waals surface area contributed by atoms with Crippen LogP contribution in [0.5, 0.6) is 0 Å². The van der Waals surface area contributed by atoms with E-state index in [1.807, 2.05) is 0 Å². The summed E-state index contributed by atoms with van der Waals surface area (Å²) in [5.41, 5.74) is -1.54. The fourth-order valence-electron chi connectivity index (χ4n) is 4.63. The number of halogens is 5. The fraction of sp³-hybridized carbons (Fsp3) is 0.308. The second-order valence-corrected chi connectivity index (χ2v) is 9.58. The lowest BCUT2D eigenvalue weighted by molar-refractivity contribution is -0.137. The molecule has 2 aromatic carbocycles. The molecule has 0 spiro atoms. The second-order valence-electron chi connectivity index (χ2n) is 8.67. The molecule has 9 heteroatoms. The number of nitrogens with one attached hydrogen (secondary N) is 2. The van der Waals surface area contributed by atoms with Crippen LogP contribution >= 0.6 is 15.9 Å². The number of alkyl halides is 3. The molecule has 3 aromatic rings. The lowest BCUT2D eigenvalue weighted by atomic mass is 9.71. The summed E-state index contributed by atoms with van der Waals surface area (Å²) in [7, 11) is 0. The first-order chi connectivity index (χ1) is 16.7. The first kappa shape index (κ1) is 25.2. The van der Waals surface area contributed by atoms with Crippen LogP contribution in [0.2, 0.25) is 0 Å². The summed E-state index contributed by atoms with van der Waals surface area (Å²) in [6.45, 7) is -0.134. The van der Waals surface area contributed by atoms with Gasteiger partial charge >= 0.3 is 12.2 Å². The molecule has 1 fully saturated rings. The molecule has 4 rings (SSSR count). The van der Waals surface area contributed by atoms with Crippen molar-refractivity contribution in [3.8, 4) is 0 Å². The first-order valence-corrected chi connectivity index (χ1v) is 12.1. The van der Waals surface area contributed by atoms with E-state index >= 15 is 0 Å². The molecular weight excluding hydrogens is 526 g/mol. The zero-order valence-corrected chi connectivity index (χ0v) is 20.3. The van der Waals surface area contributed by atoms with Crippen LogP contribution in [0.25, 0.3) is 0 Å². The molecule has 1 heterocycles. The Kier molecular flexibility index (Phi) is 7.44. The van der Waals surface area contributed by atoms with Crippen molar-refractivity contribution in [1.29, 1.82) is 0 Å². The van der Waals surface area contributed by atoms with E-state index in [-0.39, 0.29) is 18.2 Å². The number of carbonyl (C=O) groups is 1. The van der Waals surface area contributed by atoms with E-state index in [0.29, 0.717) is 21.8 Å². The SMILES string of the molecule is O=C(NCC(c1ccccc1)(c1cc(F)cc(C(F)(F)F)c1)c1ccc(Br)cn1)NC1CCCC1. The molecule has 184 valence electrons. The third kappa shape index (κ3) is 5.66. The van der Waals surface area contributed by atoms with Gasteiger partial charge in [-0.1, -0.05) is 43.2 Å². The van der Waals surface area contributed by atoms with Gasteiger partial charge in [0.15, 0.2) is 0 Å². The van der Waals surface area contributed by atoms with Crippen molar-refractivity contribution >= 4 is 22.0 Å². The molecule has 1 unspecified atom stereocenters. The normalized spacial score (nSPS) is 16.0. The van der Waals surface area contributed by atoms with Crippen molar-refractivity contribution in [1.82, 2.24) is 15.6 Å². The minimum Gasteiger partial charge on any atom is -0.337 e. The maximum atomic E-state index is 14.6. The van der Waals surface area contributed by atoms with Crippen molar-refractivity contribution in [2.24, 2.45) is 0 Å². The van der Waals surface area contributed by atoms with E-state index in [2.05, 4.69) is 31.5 Å². The highest BCUT2D eigenvalue weighted by Crippen LogP contribution is 2.41. The quantitative estimate of drug-likeness (QED) is 0.341. The van der Waals surface area contributed by atoms with Gasteiger partial charge in [0.2, 0.25) is 0 Å². The number of nitrogens with zero attached hydrogens (tertiary/aromatic N) is 1. The third-order valence-corrected chi connectivity index (χ3v) is 6.82.